The first kappa shape index (κ1) is 15.8. The summed E-state index contributed by atoms with van der Waals surface area (Å²) in [6.07, 6.45) is -0.151. The van der Waals surface area contributed by atoms with Gasteiger partial charge in [0, 0.05) is 35.5 Å². The van der Waals surface area contributed by atoms with Crippen molar-refractivity contribution in [2.24, 2.45) is 0 Å². The number of rotatable bonds is 7. The Morgan fingerprint density at radius 1 is 1.25 bits per heavy atom. The summed E-state index contributed by atoms with van der Waals surface area (Å²) >= 11 is 0. The summed E-state index contributed by atoms with van der Waals surface area (Å²) in [5.41, 5.74) is 0.124. The molecule has 0 N–H and O–H groups in total. The van der Waals surface area contributed by atoms with Gasteiger partial charge in [-0.15, -0.1) is 0 Å². The highest BCUT2D eigenvalue weighted by atomic mass is 32.0. The predicted molar refractivity (Wildman–Crippen MR) is 86.5 cm³/mol. The van der Waals surface area contributed by atoms with E-state index in [1.165, 1.54) is 6.07 Å². The first-order valence-electron chi connectivity index (χ1n) is 5.82. The lowest BCUT2D eigenvalue weighted by Gasteiger charge is -2.16. The molecule has 0 aliphatic rings. The second kappa shape index (κ2) is 8.02. The van der Waals surface area contributed by atoms with Gasteiger partial charge < -0.3 is 18.2 Å². The Morgan fingerprint density at radius 3 is 2.80 bits per heavy atom. The van der Waals surface area contributed by atoms with Crippen molar-refractivity contribution in [3.63, 3.8) is 0 Å². The van der Waals surface area contributed by atoms with Crippen molar-refractivity contribution in [2.75, 3.05) is 13.2 Å². The maximum atomic E-state index is 11.2. The molecule has 5 nitrogen and oxygen atoms in total. The third-order valence-electron chi connectivity index (χ3n) is 2.55. The van der Waals surface area contributed by atoms with Crippen LogP contribution >= 0.6 is 26.9 Å². The summed E-state index contributed by atoms with van der Waals surface area (Å²) in [6, 6.07) is 8.46. The molecule has 1 heterocycles. The van der Waals surface area contributed by atoms with Crippen LogP contribution in [0.25, 0.3) is 11.0 Å². The minimum absolute atomic E-state index is 0.151. The molecule has 2 rings (SSSR count). The average Bonchev–Trinajstić information content (AvgIpc) is 2.44. The van der Waals surface area contributed by atoms with E-state index in [1.807, 2.05) is 12.1 Å². The molecule has 4 atom stereocenters. The SMILES string of the molecule is O=c1ccc2ccc(OC[C@H](COP)OPP)cc2o1. The molecule has 1 aromatic carbocycles. The molecule has 3 unspecified atom stereocenters. The van der Waals surface area contributed by atoms with Crippen LogP contribution in [0.2, 0.25) is 0 Å². The van der Waals surface area contributed by atoms with Gasteiger partial charge in [0.05, 0.1) is 6.61 Å². The highest BCUT2D eigenvalue weighted by Gasteiger charge is 2.10. The Bertz CT molecular complexity index is 609. The lowest BCUT2D eigenvalue weighted by Crippen LogP contribution is -2.23. The van der Waals surface area contributed by atoms with Crippen molar-refractivity contribution < 1.29 is 18.2 Å². The van der Waals surface area contributed by atoms with E-state index in [4.69, 9.17) is 18.2 Å². The molecule has 0 spiro atoms. The Morgan fingerprint density at radius 2 is 2.05 bits per heavy atom. The summed E-state index contributed by atoms with van der Waals surface area (Å²) in [7, 11) is 4.99. The molecule has 0 saturated carbocycles. The molecule has 0 bridgehead atoms. The first-order valence-corrected chi connectivity index (χ1v) is 9.01. The molecule has 108 valence electrons. The van der Waals surface area contributed by atoms with Gasteiger partial charge >= 0.3 is 5.63 Å². The largest absolute Gasteiger partial charge is 0.491 e. The maximum Gasteiger partial charge on any atom is 0.336 e. The van der Waals surface area contributed by atoms with E-state index < -0.39 is 0 Å². The molecule has 0 saturated heterocycles. The second-order valence-corrected chi connectivity index (χ2v) is 5.47. The van der Waals surface area contributed by atoms with Crippen LogP contribution in [-0.4, -0.2) is 19.3 Å². The lowest BCUT2D eigenvalue weighted by molar-refractivity contribution is 0.105. The normalized spacial score (nSPS) is 13.1. The molecule has 20 heavy (non-hydrogen) atoms. The van der Waals surface area contributed by atoms with Crippen LogP contribution in [0, 0.1) is 0 Å². The van der Waals surface area contributed by atoms with E-state index in [9.17, 15) is 4.79 Å². The van der Waals surface area contributed by atoms with Crippen molar-refractivity contribution >= 4 is 37.9 Å². The Labute approximate surface area is 122 Å². The highest BCUT2D eigenvalue weighted by molar-refractivity contribution is 8.00. The van der Waals surface area contributed by atoms with Gasteiger partial charge in [0.1, 0.15) is 24.0 Å². The third-order valence-corrected chi connectivity index (χ3v) is 3.62. The monoisotopic (exact) mass is 332 g/mol. The smallest absolute Gasteiger partial charge is 0.336 e. The van der Waals surface area contributed by atoms with Crippen LogP contribution in [0.4, 0.5) is 0 Å². The zero-order valence-corrected chi connectivity index (χ0v) is 13.9. The zero-order valence-electron chi connectivity index (χ0n) is 10.6. The summed E-state index contributed by atoms with van der Waals surface area (Å²) in [5.74, 6) is 0.622. The molecule has 0 amide bonds. The molecule has 0 radical (unpaired) electrons. The fourth-order valence-corrected chi connectivity index (χ4v) is 2.76. The summed E-state index contributed by atoms with van der Waals surface area (Å²) in [5, 5.41) is 0.851. The van der Waals surface area contributed by atoms with Crippen molar-refractivity contribution in [2.45, 2.75) is 6.10 Å². The summed E-state index contributed by atoms with van der Waals surface area (Å²) in [4.78, 5) is 11.2. The summed E-state index contributed by atoms with van der Waals surface area (Å²) in [6.45, 7) is 0.785. The highest BCUT2D eigenvalue weighted by Crippen LogP contribution is 2.25. The van der Waals surface area contributed by atoms with Gasteiger partial charge in [0.2, 0.25) is 0 Å². The first-order chi connectivity index (χ1) is 9.72. The Kier molecular flexibility index (Phi) is 6.35. The lowest BCUT2D eigenvalue weighted by atomic mass is 10.2. The minimum atomic E-state index is -0.378. The molecule has 0 aliphatic heterocycles. The van der Waals surface area contributed by atoms with Crippen LogP contribution in [0.15, 0.2) is 39.5 Å². The van der Waals surface area contributed by atoms with E-state index in [0.717, 1.165) is 5.39 Å². The molecular formula is C12H15O5P3. The molecule has 0 aliphatic carbocycles. The van der Waals surface area contributed by atoms with Crippen molar-refractivity contribution in [1.82, 2.24) is 0 Å². The van der Waals surface area contributed by atoms with E-state index in [0.29, 0.717) is 24.5 Å². The van der Waals surface area contributed by atoms with Gasteiger partial charge in [0.25, 0.3) is 0 Å². The molecule has 8 heteroatoms. The fraction of sp³-hybridized carbons (Fsp3) is 0.250. The van der Waals surface area contributed by atoms with Crippen molar-refractivity contribution in [3.05, 3.63) is 40.8 Å². The van der Waals surface area contributed by atoms with Gasteiger partial charge in [-0.3, -0.25) is 0 Å². The molecular weight excluding hydrogens is 317 g/mol. The van der Waals surface area contributed by atoms with Crippen LogP contribution in [0.3, 0.4) is 0 Å². The number of hydrogen-bond acceptors (Lipinski definition) is 5. The number of ether oxygens (including phenoxy) is 1. The molecule has 0 fully saturated rings. The number of fused-ring (bicyclic) bond motifs is 1. The van der Waals surface area contributed by atoms with E-state index in [2.05, 4.69) is 18.4 Å². The van der Waals surface area contributed by atoms with Crippen molar-refractivity contribution in [3.8, 4) is 5.75 Å². The zero-order chi connectivity index (χ0) is 14.4. The van der Waals surface area contributed by atoms with E-state index >= 15 is 0 Å². The van der Waals surface area contributed by atoms with Crippen LogP contribution in [0.1, 0.15) is 0 Å². The number of benzene rings is 1. The van der Waals surface area contributed by atoms with E-state index in [-0.39, 0.29) is 20.2 Å². The Balaban J connectivity index is 2.07. The predicted octanol–water partition coefficient (Wildman–Crippen LogP) is 2.75. The molecule has 1 aromatic heterocycles. The van der Waals surface area contributed by atoms with Crippen LogP contribution < -0.4 is 10.4 Å². The van der Waals surface area contributed by atoms with E-state index in [1.54, 1.807) is 12.1 Å². The van der Waals surface area contributed by atoms with Crippen molar-refractivity contribution in [1.29, 1.82) is 0 Å². The summed E-state index contributed by atoms with van der Waals surface area (Å²) < 4.78 is 21.2. The second-order valence-electron chi connectivity index (χ2n) is 3.96. The minimum Gasteiger partial charge on any atom is -0.491 e. The third kappa shape index (κ3) is 4.48. The quantitative estimate of drug-likeness (QED) is 0.576. The van der Waals surface area contributed by atoms with Gasteiger partial charge in [-0.1, -0.05) is 8.93 Å². The van der Waals surface area contributed by atoms with Crippen LogP contribution in [-0.2, 0) is 9.05 Å². The maximum absolute atomic E-state index is 11.2. The standard InChI is InChI=1S/C12H15O5P3/c13-12-4-2-8-1-3-9(5-11(8)16-12)14-6-10(7-15-18)17-20-19/h1-5,10,20H,6-7,18-19H2/t10-/m1/s1. The average molecular weight is 332 g/mol. The number of hydrogen-bond donors (Lipinski definition) is 0. The van der Waals surface area contributed by atoms with Gasteiger partial charge in [-0.25, -0.2) is 4.79 Å². The topological polar surface area (TPSA) is 57.9 Å². The Hall–Kier alpha value is -0.560. The van der Waals surface area contributed by atoms with Gasteiger partial charge in [-0.05, 0) is 18.2 Å². The van der Waals surface area contributed by atoms with Gasteiger partial charge in [0.15, 0.2) is 0 Å². The van der Waals surface area contributed by atoms with Crippen LogP contribution in [0.5, 0.6) is 5.75 Å². The van der Waals surface area contributed by atoms with Gasteiger partial charge in [-0.2, -0.15) is 0 Å². The molecule has 2 aromatic rings. The fourth-order valence-electron chi connectivity index (χ4n) is 1.64.